The lowest BCUT2D eigenvalue weighted by Gasteiger charge is -2.25. The number of likely N-dealkylation sites (tertiary alicyclic amines) is 1. The van der Waals surface area contributed by atoms with Gasteiger partial charge in [0.25, 0.3) is 0 Å². The summed E-state index contributed by atoms with van der Waals surface area (Å²) in [6.07, 6.45) is 3.93. The van der Waals surface area contributed by atoms with Crippen LogP contribution in [0.2, 0.25) is 0 Å². The number of benzene rings is 1. The Morgan fingerprint density at radius 1 is 1.05 bits per heavy atom. The highest BCUT2D eigenvalue weighted by molar-refractivity contribution is 5.91. The Morgan fingerprint density at radius 2 is 1.86 bits per heavy atom. The van der Waals surface area contributed by atoms with Crippen molar-refractivity contribution < 1.29 is 0 Å². The van der Waals surface area contributed by atoms with Crippen LogP contribution in [0.4, 0.5) is 0 Å². The minimum absolute atomic E-state index is 0.863. The number of aryl methyl sites for hydroxylation is 1. The number of hydrogen-bond donors (Lipinski definition) is 0. The molecule has 0 bridgehead atoms. The second kappa shape index (κ2) is 5.07. The molecule has 1 saturated heterocycles. The van der Waals surface area contributed by atoms with Gasteiger partial charge in [0.15, 0.2) is 11.5 Å². The summed E-state index contributed by atoms with van der Waals surface area (Å²) < 4.78 is 2.11. The molecule has 3 heterocycles. The van der Waals surface area contributed by atoms with Crippen LogP contribution in [0.15, 0.2) is 24.3 Å². The van der Waals surface area contributed by atoms with Gasteiger partial charge in [0, 0.05) is 5.39 Å². The van der Waals surface area contributed by atoms with Crippen LogP contribution in [-0.2, 0) is 6.54 Å². The third-order valence-corrected chi connectivity index (χ3v) is 4.29. The highest BCUT2D eigenvalue weighted by Gasteiger charge is 2.16. The van der Waals surface area contributed by atoms with Crippen LogP contribution in [-0.4, -0.2) is 37.6 Å². The maximum absolute atomic E-state index is 4.69. The molecule has 3 aromatic rings. The van der Waals surface area contributed by atoms with Gasteiger partial charge in [0.05, 0.1) is 12.1 Å². The third kappa shape index (κ3) is 2.17. The molecule has 5 nitrogen and oxygen atoms in total. The van der Waals surface area contributed by atoms with Crippen molar-refractivity contribution in [2.24, 2.45) is 0 Å². The monoisotopic (exact) mass is 281 g/mol. The molecule has 1 aliphatic rings. The molecule has 0 N–H and O–H groups in total. The Bertz CT molecular complexity index is 786. The number of para-hydroxylation sites is 1. The highest BCUT2D eigenvalue weighted by Crippen LogP contribution is 2.20. The average Bonchev–Trinajstić information content (AvgIpc) is 2.93. The third-order valence-electron chi connectivity index (χ3n) is 4.29. The first-order valence-electron chi connectivity index (χ1n) is 7.64. The maximum atomic E-state index is 4.69. The summed E-state index contributed by atoms with van der Waals surface area (Å²) >= 11 is 0. The topological polar surface area (TPSA) is 46.3 Å². The van der Waals surface area contributed by atoms with Crippen molar-refractivity contribution >= 4 is 16.6 Å². The number of nitrogens with zero attached hydrogens (tertiary/aromatic N) is 5. The van der Waals surface area contributed by atoms with E-state index in [-0.39, 0.29) is 0 Å². The van der Waals surface area contributed by atoms with Crippen LogP contribution >= 0.6 is 0 Å². The summed E-state index contributed by atoms with van der Waals surface area (Å²) in [5.74, 6) is 1.96. The van der Waals surface area contributed by atoms with Crippen molar-refractivity contribution in [1.82, 2.24) is 24.5 Å². The Kier molecular flexibility index (Phi) is 3.07. The lowest BCUT2D eigenvalue weighted by atomic mass is 10.1. The van der Waals surface area contributed by atoms with Gasteiger partial charge in [-0.15, -0.1) is 10.2 Å². The van der Waals surface area contributed by atoms with E-state index < -0.39 is 0 Å². The predicted octanol–water partition coefficient (Wildman–Crippen LogP) is 2.57. The molecule has 108 valence electrons. The summed E-state index contributed by atoms with van der Waals surface area (Å²) in [6.45, 7) is 5.22. The minimum Gasteiger partial charge on any atom is -0.296 e. The molecule has 1 fully saturated rings. The van der Waals surface area contributed by atoms with Gasteiger partial charge in [0.2, 0.25) is 0 Å². The van der Waals surface area contributed by atoms with Gasteiger partial charge < -0.3 is 0 Å². The SMILES string of the molecule is Cc1nc2ccccc2c2nnc(CN3CCCCC3)n12. The zero-order valence-electron chi connectivity index (χ0n) is 12.3. The number of aromatic nitrogens is 4. The van der Waals surface area contributed by atoms with E-state index in [1.165, 1.54) is 19.3 Å². The van der Waals surface area contributed by atoms with Crippen LogP contribution in [0.25, 0.3) is 16.6 Å². The van der Waals surface area contributed by atoms with Crippen molar-refractivity contribution in [2.45, 2.75) is 32.7 Å². The maximum Gasteiger partial charge on any atom is 0.171 e. The summed E-state index contributed by atoms with van der Waals surface area (Å²) in [6, 6.07) is 8.13. The number of piperidine rings is 1. The van der Waals surface area contributed by atoms with Crippen molar-refractivity contribution in [3.05, 3.63) is 35.9 Å². The van der Waals surface area contributed by atoms with Gasteiger partial charge in [-0.05, 0) is 45.0 Å². The molecule has 2 aromatic heterocycles. The van der Waals surface area contributed by atoms with Gasteiger partial charge in [0.1, 0.15) is 5.82 Å². The van der Waals surface area contributed by atoms with Crippen LogP contribution in [0, 0.1) is 6.92 Å². The fraction of sp³-hybridized carbons (Fsp3) is 0.438. The second-order valence-electron chi connectivity index (χ2n) is 5.79. The van der Waals surface area contributed by atoms with E-state index in [1.54, 1.807) is 0 Å². The van der Waals surface area contributed by atoms with Gasteiger partial charge in [-0.3, -0.25) is 9.30 Å². The summed E-state index contributed by atoms with van der Waals surface area (Å²) in [5.41, 5.74) is 1.91. The first kappa shape index (κ1) is 12.7. The van der Waals surface area contributed by atoms with E-state index in [4.69, 9.17) is 4.98 Å². The van der Waals surface area contributed by atoms with Crippen LogP contribution in [0.3, 0.4) is 0 Å². The molecule has 0 saturated carbocycles. The van der Waals surface area contributed by atoms with Crippen molar-refractivity contribution in [3.63, 3.8) is 0 Å². The Morgan fingerprint density at radius 3 is 2.71 bits per heavy atom. The largest absolute Gasteiger partial charge is 0.296 e. The zero-order valence-corrected chi connectivity index (χ0v) is 12.3. The molecular formula is C16H19N5. The summed E-state index contributed by atoms with van der Waals surface area (Å²) in [4.78, 5) is 7.16. The molecule has 1 aromatic carbocycles. The molecule has 1 aliphatic heterocycles. The van der Waals surface area contributed by atoms with Crippen molar-refractivity contribution in [3.8, 4) is 0 Å². The average molecular weight is 281 g/mol. The number of rotatable bonds is 2. The van der Waals surface area contributed by atoms with Gasteiger partial charge in [-0.25, -0.2) is 4.98 Å². The molecule has 4 rings (SSSR count). The lowest BCUT2D eigenvalue weighted by molar-refractivity contribution is 0.215. The first-order chi connectivity index (χ1) is 10.3. The molecule has 0 aliphatic carbocycles. The highest BCUT2D eigenvalue weighted by atomic mass is 15.3. The number of hydrogen-bond acceptors (Lipinski definition) is 4. The van der Waals surface area contributed by atoms with E-state index in [0.29, 0.717) is 0 Å². The van der Waals surface area contributed by atoms with E-state index in [0.717, 1.165) is 47.8 Å². The van der Waals surface area contributed by atoms with E-state index in [9.17, 15) is 0 Å². The normalized spacial score (nSPS) is 16.8. The van der Waals surface area contributed by atoms with Crippen LogP contribution < -0.4 is 0 Å². The first-order valence-corrected chi connectivity index (χ1v) is 7.64. The molecular weight excluding hydrogens is 262 g/mol. The summed E-state index contributed by atoms with van der Waals surface area (Å²) in [7, 11) is 0. The molecule has 21 heavy (non-hydrogen) atoms. The lowest BCUT2D eigenvalue weighted by Crippen LogP contribution is -2.30. The molecule has 0 amide bonds. The fourth-order valence-electron chi connectivity index (χ4n) is 3.24. The minimum atomic E-state index is 0.863. The molecule has 0 atom stereocenters. The smallest absolute Gasteiger partial charge is 0.171 e. The molecule has 0 unspecified atom stereocenters. The van der Waals surface area contributed by atoms with Gasteiger partial charge >= 0.3 is 0 Å². The quantitative estimate of drug-likeness (QED) is 0.724. The molecule has 0 spiro atoms. The Labute approximate surface area is 123 Å². The van der Waals surface area contributed by atoms with Crippen LogP contribution in [0.5, 0.6) is 0 Å². The standard InChI is InChI=1S/C16H19N5/c1-12-17-14-8-4-3-7-13(14)16-19-18-15(21(12)16)11-20-9-5-2-6-10-20/h3-4,7-8H,2,5-6,9-11H2,1H3. The molecule has 5 heteroatoms. The van der Waals surface area contributed by atoms with Gasteiger partial charge in [-0.1, -0.05) is 18.6 Å². The van der Waals surface area contributed by atoms with Crippen LogP contribution in [0.1, 0.15) is 30.9 Å². The number of fused-ring (bicyclic) bond motifs is 3. The second-order valence-corrected chi connectivity index (χ2v) is 5.79. The van der Waals surface area contributed by atoms with Gasteiger partial charge in [-0.2, -0.15) is 0 Å². The zero-order chi connectivity index (χ0) is 14.2. The summed E-state index contributed by atoms with van der Waals surface area (Å²) in [5, 5.41) is 9.92. The van der Waals surface area contributed by atoms with E-state index in [2.05, 4.69) is 25.6 Å². The van der Waals surface area contributed by atoms with E-state index >= 15 is 0 Å². The Balaban J connectivity index is 1.81. The Hall–Kier alpha value is -2.01. The van der Waals surface area contributed by atoms with E-state index in [1.807, 2.05) is 25.1 Å². The predicted molar refractivity (Wildman–Crippen MR) is 82.2 cm³/mol. The fourth-order valence-corrected chi connectivity index (χ4v) is 3.24. The van der Waals surface area contributed by atoms with Crippen molar-refractivity contribution in [1.29, 1.82) is 0 Å². The molecule has 0 radical (unpaired) electrons. The van der Waals surface area contributed by atoms with Crippen molar-refractivity contribution in [2.75, 3.05) is 13.1 Å².